The third-order valence-electron chi connectivity index (χ3n) is 5.68. The van der Waals surface area contributed by atoms with Gasteiger partial charge in [-0.15, -0.1) is 0 Å². The van der Waals surface area contributed by atoms with Gasteiger partial charge in [0, 0.05) is 39.8 Å². The van der Waals surface area contributed by atoms with Gasteiger partial charge in [-0.1, -0.05) is 59.6 Å². The van der Waals surface area contributed by atoms with Crippen LogP contribution >= 0.6 is 35.4 Å². The molecule has 0 saturated carbocycles. The van der Waals surface area contributed by atoms with Crippen molar-refractivity contribution in [1.82, 2.24) is 10.3 Å². The molecule has 2 N–H and O–H groups in total. The highest BCUT2D eigenvalue weighted by Crippen LogP contribution is 2.32. The number of halogens is 2. The number of benzene rings is 3. The smallest absolute Gasteiger partial charge is 0.272 e. The quantitative estimate of drug-likeness (QED) is 0.341. The summed E-state index contributed by atoms with van der Waals surface area (Å²) in [5.74, 6) is -0.282. The van der Waals surface area contributed by atoms with Crippen molar-refractivity contribution in [3.05, 3.63) is 100 Å². The Morgan fingerprint density at radius 3 is 2.63 bits per heavy atom. The first-order valence-electron chi connectivity index (χ1n) is 10.7. The topological polar surface area (TPSA) is 69.6 Å². The number of para-hydroxylation sites is 1. The van der Waals surface area contributed by atoms with Crippen LogP contribution in [0.15, 0.2) is 84.0 Å². The number of nitrogens with zero attached hydrogens (tertiary/aromatic N) is 3. The number of carbonyl (C=O) groups excluding carboxylic acids is 1. The zero-order valence-electron chi connectivity index (χ0n) is 18.5. The number of carbonyl (C=O) groups is 1. The number of rotatable bonds is 3. The average molecular weight is 520 g/mol. The van der Waals surface area contributed by atoms with Gasteiger partial charge < -0.3 is 15.5 Å². The van der Waals surface area contributed by atoms with E-state index in [1.165, 1.54) is 0 Å². The molecule has 0 saturated heterocycles. The minimum Gasteiger partial charge on any atom is -0.333 e. The average Bonchev–Trinajstić information content (AvgIpc) is 2.95. The standard InChI is InChI=1S/C26H19Cl2N5OS/c1-33-21-12-11-16(27)14-18(21)23(17-8-2-3-9-19(17)28)31-24(25(33)34)32-26(35)30-20-10-4-6-15-7-5-13-29-22(15)20/h2-14,24H,1H3,(H2,30,32,35). The maximum Gasteiger partial charge on any atom is 0.272 e. The predicted octanol–water partition coefficient (Wildman–Crippen LogP) is 5.67. The molecular formula is C26H19Cl2N5OS. The van der Waals surface area contributed by atoms with Gasteiger partial charge in [0.2, 0.25) is 6.17 Å². The van der Waals surface area contributed by atoms with E-state index in [1.54, 1.807) is 42.4 Å². The van der Waals surface area contributed by atoms with Crippen molar-refractivity contribution < 1.29 is 4.79 Å². The van der Waals surface area contributed by atoms with Crippen molar-refractivity contribution in [3.8, 4) is 0 Å². The van der Waals surface area contributed by atoms with Gasteiger partial charge >= 0.3 is 0 Å². The monoisotopic (exact) mass is 519 g/mol. The predicted molar refractivity (Wildman–Crippen MR) is 147 cm³/mol. The number of fused-ring (bicyclic) bond motifs is 2. The van der Waals surface area contributed by atoms with E-state index in [-0.39, 0.29) is 11.0 Å². The first-order valence-corrected chi connectivity index (χ1v) is 11.9. The SMILES string of the molecule is CN1C(=O)C(NC(=S)Nc2cccc3cccnc23)N=C(c2ccccc2Cl)c2cc(Cl)ccc21. The van der Waals surface area contributed by atoms with Crippen molar-refractivity contribution in [2.75, 3.05) is 17.3 Å². The van der Waals surface area contributed by atoms with E-state index in [0.717, 1.165) is 16.6 Å². The molecule has 174 valence electrons. The van der Waals surface area contributed by atoms with Gasteiger partial charge in [0.05, 0.1) is 22.6 Å². The molecule has 4 aromatic rings. The fourth-order valence-electron chi connectivity index (χ4n) is 4.00. The molecule has 0 bridgehead atoms. The lowest BCUT2D eigenvalue weighted by Crippen LogP contribution is -2.47. The van der Waals surface area contributed by atoms with Crippen LogP contribution in [0, 0.1) is 0 Å². The van der Waals surface area contributed by atoms with Crippen molar-refractivity contribution in [1.29, 1.82) is 0 Å². The van der Waals surface area contributed by atoms with Crippen LogP contribution in [0.4, 0.5) is 11.4 Å². The number of pyridine rings is 1. The Morgan fingerprint density at radius 1 is 1.00 bits per heavy atom. The summed E-state index contributed by atoms with van der Waals surface area (Å²) in [5, 5.41) is 8.45. The van der Waals surface area contributed by atoms with Crippen LogP contribution in [0.1, 0.15) is 11.1 Å². The van der Waals surface area contributed by atoms with E-state index in [1.807, 2.05) is 48.5 Å². The second kappa shape index (κ2) is 9.62. The summed E-state index contributed by atoms with van der Waals surface area (Å²) in [6.45, 7) is 0. The zero-order chi connectivity index (χ0) is 24.5. The molecular weight excluding hydrogens is 501 g/mol. The lowest BCUT2D eigenvalue weighted by atomic mass is 10.00. The maximum absolute atomic E-state index is 13.4. The van der Waals surface area contributed by atoms with Crippen molar-refractivity contribution >= 4 is 74.4 Å². The molecule has 6 nitrogen and oxygen atoms in total. The number of hydrogen-bond acceptors (Lipinski definition) is 4. The highest BCUT2D eigenvalue weighted by atomic mass is 35.5. The van der Waals surface area contributed by atoms with Crippen LogP contribution in [0.25, 0.3) is 10.9 Å². The summed E-state index contributed by atoms with van der Waals surface area (Å²) >= 11 is 18.4. The molecule has 0 spiro atoms. The second-order valence-electron chi connectivity index (χ2n) is 7.90. The second-order valence-corrected chi connectivity index (χ2v) is 9.15. The van der Waals surface area contributed by atoms with E-state index in [4.69, 9.17) is 40.4 Å². The molecule has 0 aliphatic carbocycles. The van der Waals surface area contributed by atoms with Gasteiger partial charge in [-0.05, 0) is 48.6 Å². The molecule has 1 aromatic heterocycles. The molecule has 35 heavy (non-hydrogen) atoms. The number of amides is 1. The minimum absolute atomic E-state index is 0.237. The Bertz CT molecular complexity index is 1500. The van der Waals surface area contributed by atoms with Gasteiger partial charge in [-0.25, -0.2) is 4.99 Å². The Balaban J connectivity index is 1.53. The van der Waals surface area contributed by atoms with Gasteiger partial charge in [0.1, 0.15) is 0 Å². The van der Waals surface area contributed by atoms with Gasteiger partial charge in [-0.2, -0.15) is 0 Å². The Hall–Kier alpha value is -3.52. The van der Waals surface area contributed by atoms with Crippen LogP contribution in [0.3, 0.4) is 0 Å². The first kappa shape index (κ1) is 23.2. The van der Waals surface area contributed by atoms with Crippen LogP contribution in [-0.2, 0) is 4.79 Å². The van der Waals surface area contributed by atoms with Crippen LogP contribution < -0.4 is 15.5 Å². The molecule has 2 heterocycles. The molecule has 1 atom stereocenters. The minimum atomic E-state index is -1.000. The Kier molecular flexibility index (Phi) is 6.38. The third kappa shape index (κ3) is 4.58. The summed E-state index contributed by atoms with van der Waals surface area (Å²) in [4.78, 5) is 24.2. The number of aliphatic imine (C=N–C) groups is 1. The van der Waals surface area contributed by atoms with E-state index in [9.17, 15) is 4.79 Å². The van der Waals surface area contributed by atoms with E-state index < -0.39 is 6.17 Å². The summed E-state index contributed by atoms with van der Waals surface area (Å²) in [7, 11) is 1.69. The van der Waals surface area contributed by atoms with Crippen molar-refractivity contribution in [2.45, 2.75) is 6.17 Å². The highest BCUT2D eigenvalue weighted by Gasteiger charge is 2.31. The molecule has 5 rings (SSSR count). The van der Waals surface area contributed by atoms with E-state index >= 15 is 0 Å². The van der Waals surface area contributed by atoms with E-state index in [0.29, 0.717) is 32.6 Å². The van der Waals surface area contributed by atoms with Crippen molar-refractivity contribution in [2.24, 2.45) is 4.99 Å². The fourth-order valence-corrected chi connectivity index (χ4v) is 4.61. The number of anilines is 2. The van der Waals surface area contributed by atoms with Gasteiger partial charge in [0.15, 0.2) is 5.11 Å². The maximum atomic E-state index is 13.4. The van der Waals surface area contributed by atoms with Crippen LogP contribution in [-0.4, -0.2) is 34.9 Å². The Labute approximate surface area is 217 Å². The summed E-state index contributed by atoms with van der Waals surface area (Å²) < 4.78 is 0. The number of aromatic nitrogens is 1. The molecule has 0 fully saturated rings. The number of likely N-dealkylation sites (N-methyl/N-ethyl adjacent to an activating group) is 1. The largest absolute Gasteiger partial charge is 0.333 e. The molecule has 1 aliphatic heterocycles. The van der Waals surface area contributed by atoms with Crippen molar-refractivity contribution in [3.63, 3.8) is 0 Å². The zero-order valence-corrected chi connectivity index (χ0v) is 20.8. The molecule has 1 unspecified atom stereocenters. The van der Waals surface area contributed by atoms with Crippen LogP contribution in [0.2, 0.25) is 10.0 Å². The number of nitrogens with one attached hydrogen (secondary N) is 2. The lowest BCUT2D eigenvalue weighted by Gasteiger charge is -2.22. The first-order chi connectivity index (χ1) is 16.9. The summed E-state index contributed by atoms with van der Waals surface area (Å²) in [6, 6.07) is 22.3. The molecule has 0 radical (unpaired) electrons. The lowest BCUT2D eigenvalue weighted by molar-refractivity contribution is -0.119. The normalized spacial score (nSPS) is 15.3. The fraction of sp³-hybridized carbons (Fsp3) is 0.0769. The Morgan fingerprint density at radius 2 is 1.80 bits per heavy atom. The molecule has 9 heteroatoms. The number of hydrogen-bond donors (Lipinski definition) is 2. The molecule has 1 amide bonds. The highest BCUT2D eigenvalue weighted by molar-refractivity contribution is 7.80. The van der Waals surface area contributed by atoms with E-state index in [2.05, 4.69) is 15.6 Å². The molecule has 1 aliphatic rings. The summed E-state index contributed by atoms with van der Waals surface area (Å²) in [6.07, 6.45) is 0.719. The third-order valence-corrected chi connectivity index (χ3v) is 6.46. The van der Waals surface area contributed by atoms with Gasteiger partial charge in [-0.3, -0.25) is 9.78 Å². The van der Waals surface area contributed by atoms with Crippen LogP contribution in [0.5, 0.6) is 0 Å². The number of benzodiazepines with no additional fused rings is 1. The summed E-state index contributed by atoms with van der Waals surface area (Å²) in [5.41, 5.74) is 4.08. The van der Waals surface area contributed by atoms with Gasteiger partial charge in [0.25, 0.3) is 5.91 Å². The number of thiocarbonyl (C=S) groups is 1. The molecule has 3 aromatic carbocycles.